The van der Waals surface area contributed by atoms with Crippen LogP contribution in [0, 0.1) is 5.92 Å². The molecule has 0 aliphatic heterocycles. The molecule has 0 bridgehead atoms. The zero-order valence-corrected chi connectivity index (χ0v) is 13.7. The summed E-state index contributed by atoms with van der Waals surface area (Å²) in [6.07, 6.45) is 2.94. The lowest BCUT2D eigenvalue weighted by molar-refractivity contribution is -0.283. The van der Waals surface area contributed by atoms with E-state index >= 15 is 0 Å². The number of rotatable bonds is 7. The fourth-order valence-electron chi connectivity index (χ4n) is 1.04. The van der Waals surface area contributed by atoms with E-state index in [0.717, 1.165) is 7.11 Å². The number of hydrogen-bond donors (Lipinski definition) is 0. The van der Waals surface area contributed by atoms with Crippen molar-refractivity contribution in [3.05, 3.63) is 0 Å². The van der Waals surface area contributed by atoms with E-state index in [1.54, 1.807) is 25.6 Å². The van der Waals surface area contributed by atoms with Crippen LogP contribution in [0.4, 0.5) is 13.2 Å². The molecule has 0 aromatic rings. The van der Waals surface area contributed by atoms with E-state index in [1.165, 1.54) is 0 Å². The molecule has 0 N–H and O–H groups in total. The van der Waals surface area contributed by atoms with Gasteiger partial charge in [-0.15, -0.1) is 0 Å². The molecule has 124 valence electrons. The molecular weight excluding hydrogens is 321 g/mol. The first-order valence-electron chi connectivity index (χ1n) is 5.57. The molecule has 20 heavy (non-hydrogen) atoms. The summed E-state index contributed by atoms with van der Waals surface area (Å²) in [5, 5.41) is 0. The standard InChI is InChI=1S/C8H15F3O5S.C2H6S/c1-6(2)4-7(5-15-14-3)16-17(12,13)8(9,10)11;1-3-2/h6-7H,4-5H2,1-3H3;1-2H3. The molecule has 1 atom stereocenters. The first kappa shape index (κ1) is 22.3. The highest BCUT2D eigenvalue weighted by atomic mass is 32.2. The van der Waals surface area contributed by atoms with E-state index in [0.29, 0.717) is 0 Å². The largest absolute Gasteiger partial charge is 0.523 e. The van der Waals surface area contributed by atoms with Gasteiger partial charge in [0.05, 0.1) is 7.11 Å². The van der Waals surface area contributed by atoms with Gasteiger partial charge >= 0.3 is 15.6 Å². The van der Waals surface area contributed by atoms with Crippen molar-refractivity contribution in [2.45, 2.75) is 31.9 Å². The normalized spacial score (nSPS) is 13.8. The Hall–Kier alpha value is -0.0300. The van der Waals surface area contributed by atoms with E-state index in [1.807, 2.05) is 12.5 Å². The maximum Gasteiger partial charge on any atom is 0.523 e. The van der Waals surface area contributed by atoms with E-state index in [9.17, 15) is 21.6 Å². The van der Waals surface area contributed by atoms with Gasteiger partial charge in [0.15, 0.2) is 0 Å². The third-order valence-corrected chi connectivity index (χ3v) is 2.74. The summed E-state index contributed by atoms with van der Waals surface area (Å²) in [5.41, 5.74) is -5.44. The minimum Gasteiger partial charge on any atom is -0.257 e. The quantitative estimate of drug-likeness (QED) is 0.307. The van der Waals surface area contributed by atoms with Crippen molar-refractivity contribution in [3.8, 4) is 0 Å². The third kappa shape index (κ3) is 10.7. The average Bonchev–Trinajstić information content (AvgIpc) is 2.24. The second-order valence-electron chi connectivity index (χ2n) is 4.11. The molecule has 0 saturated heterocycles. The van der Waals surface area contributed by atoms with Gasteiger partial charge in [-0.05, 0) is 24.9 Å². The van der Waals surface area contributed by atoms with Crippen molar-refractivity contribution in [2.75, 3.05) is 26.2 Å². The van der Waals surface area contributed by atoms with Gasteiger partial charge in [0, 0.05) is 0 Å². The summed E-state index contributed by atoms with van der Waals surface area (Å²) in [4.78, 5) is 8.60. The Bertz CT molecular complexity index is 330. The molecule has 0 amide bonds. The van der Waals surface area contributed by atoms with Crippen molar-refractivity contribution >= 4 is 21.9 Å². The van der Waals surface area contributed by atoms with Crippen LogP contribution in [0.5, 0.6) is 0 Å². The molecule has 1 unspecified atom stereocenters. The van der Waals surface area contributed by atoms with Crippen LogP contribution in [0.3, 0.4) is 0 Å². The molecule has 5 nitrogen and oxygen atoms in total. The first-order valence-corrected chi connectivity index (χ1v) is 8.61. The van der Waals surface area contributed by atoms with E-state index in [-0.39, 0.29) is 12.3 Å². The first-order chi connectivity index (χ1) is 9.01. The number of thioether (sulfide) groups is 1. The molecule has 0 aromatic carbocycles. The SMILES string of the molecule is COOCC(CC(C)C)OS(=O)(=O)C(F)(F)F.CSC. The van der Waals surface area contributed by atoms with Crippen molar-refractivity contribution < 1.29 is 35.5 Å². The fraction of sp³-hybridized carbons (Fsp3) is 1.00. The zero-order valence-electron chi connectivity index (χ0n) is 12.1. The molecule has 10 heteroatoms. The van der Waals surface area contributed by atoms with Crippen LogP contribution in [0.1, 0.15) is 20.3 Å². The Balaban J connectivity index is 0. The van der Waals surface area contributed by atoms with E-state index in [2.05, 4.69) is 14.0 Å². The third-order valence-electron chi connectivity index (χ3n) is 1.65. The molecule has 0 aliphatic rings. The van der Waals surface area contributed by atoms with Gasteiger partial charge in [0.25, 0.3) is 0 Å². The molecule has 0 aliphatic carbocycles. The van der Waals surface area contributed by atoms with Crippen LogP contribution in [0.15, 0.2) is 0 Å². The molecule has 0 saturated carbocycles. The number of hydrogen-bond acceptors (Lipinski definition) is 6. The zero-order chi connectivity index (χ0) is 16.4. The molecule has 0 heterocycles. The number of alkyl halides is 3. The maximum absolute atomic E-state index is 12.1. The monoisotopic (exact) mass is 342 g/mol. The van der Waals surface area contributed by atoms with Gasteiger partial charge in [-0.3, -0.25) is 4.18 Å². The summed E-state index contributed by atoms with van der Waals surface area (Å²) in [7, 11) is -4.45. The Morgan fingerprint density at radius 2 is 1.65 bits per heavy atom. The smallest absolute Gasteiger partial charge is 0.257 e. The lowest BCUT2D eigenvalue weighted by Crippen LogP contribution is -2.33. The second kappa shape index (κ2) is 10.7. The minimum atomic E-state index is -5.61. The van der Waals surface area contributed by atoms with Crippen LogP contribution >= 0.6 is 11.8 Å². The van der Waals surface area contributed by atoms with Gasteiger partial charge in [-0.25, -0.2) is 9.78 Å². The van der Waals surface area contributed by atoms with Crippen molar-refractivity contribution in [1.82, 2.24) is 0 Å². The topological polar surface area (TPSA) is 61.8 Å². The van der Waals surface area contributed by atoms with Crippen LogP contribution in [-0.4, -0.2) is 46.3 Å². The summed E-state index contributed by atoms with van der Waals surface area (Å²) in [5.74, 6) is -0.0520. The van der Waals surface area contributed by atoms with Crippen molar-refractivity contribution in [3.63, 3.8) is 0 Å². The molecule has 0 aromatic heterocycles. The van der Waals surface area contributed by atoms with Crippen LogP contribution in [-0.2, 0) is 24.1 Å². The summed E-state index contributed by atoms with van der Waals surface area (Å²) in [6.45, 7) is 3.02. The van der Waals surface area contributed by atoms with Gasteiger partial charge in [0.1, 0.15) is 12.7 Å². The predicted molar refractivity (Wildman–Crippen MR) is 71.7 cm³/mol. The van der Waals surface area contributed by atoms with Crippen LogP contribution in [0.25, 0.3) is 0 Å². The maximum atomic E-state index is 12.1. The molecule has 0 spiro atoms. The molecule has 0 fully saturated rings. The lowest BCUT2D eigenvalue weighted by atomic mass is 10.1. The highest BCUT2D eigenvalue weighted by Crippen LogP contribution is 2.27. The number of halogens is 3. The summed E-state index contributed by atoms with van der Waals surface area (Å²) in [6, 6.07) is 0. The molecular formula is C10H21F3O5S2. The molecule has 0 rings (SSSR count). The average molecular weight is 342 g/mol. The molecule has 0 radical (unpaired) electrons. The Kier molecular flexibility index (Phi) is 11.9. The Morgan fingerprint density at radius 3 is 1.95 bits per heavy atom. The highest BCUT2D eigenvalue weighted by molar-refractivity contribution is 7.97. The van der Waals surface area contributed by atoms with Crippen LogP contribution < -0.4 is 0 Å². The fourth-order valence-corrected chi connectivity index (χ4v) is 1.64. The van der Waals surface area contributed by atoms with Gasteiger partial charge in [-0.1, -0.05) is 13.8 Å². The summed E-state index contributed by atoms with van der Waals surface area (Å²) < 4.78 is 61.8. The Labute approximate surface area is 122 Å². The predicted octanol–water partition coefficient (Wildman–Crippen LogP) is 2.82. The summed E-state index contributed by atoms with van der Waals surface area (Å²) >= 11 is 1.75. The second-order valence-corrected chi connectivity index (χ2v) is 6.49. The van der Waals surface area contributed by atoms with Crippen molar-refractivity contribution in [1.29, 1.82) is 0 Å². The minimum absolute atomic E-state index is 0.0520. The lowest BCUT2D eigenvalue weighted by Gasteiger charge is -2.19. The van der Waals surface area contributed by atoms with Crippen LogP contribution in [0.2, 0.25) is 0 Å². The van der Waals surface area contributed by atoms with Gasteiger partial charge in [0.2, 0.25) is 0 Å². The Morgan fingerprint density at radius 1 is 1.20 bits per heavy atom. The highest BCUT2D eigenvalue weighted by Gasteiger charge is 2.48. The van der Waals surface area contributed by atoms with E-state index < -0.39 is 28.3 Å². The van der Waals surface area contributed by atoms with Gasteiger partial charge < -0.3 is 0 Å². The van der Waals surface area contributed by atoms with Gasteiger partial charge in [-0.2, -0.15) is 33.4 Å². The van der Waals surface area contributed by atoms with E-state index in [4.69, 9.17) is 0 Å². The van der Waals surface area contributed by atoms with Crippen molar-refractivity contribution in [2.24, 2.45) is 5.92 Å².